The van der Waals surface area contributed by atoms with Crippen molar-refractivity contribution >= 4 is 23.8 Å². The van der Waals surface area contributed by atoms with Gasteiger partial charge in [0.15, 0.2) is 6.10 Å². The van der Waals surface area contributed by atoms with Crippen LogP contribution in [0.5, 0.6) is 5.75 Å². The molecule has 2 amide bonds. The Morgan fingerprint density at radius 1 is 1.03 bits per heavy atom. The zero-order valence-electron chi connectivity index (χ0n) is 16.3. The summed E-state index contributed by atoms with van der Waals surface area (Å²) in [5.41, 5.74) is 1.02. The molecule has 0 unspecified atom stereocenters. The van der Waals surface area contributed by atoms with Crippen molar-refractivity contribution in [2.75, 3.05) is 0 Å². The largest absolute Gasteiger partial charge is 0.446 e. The number of imide groups is 1. The monoisotopic (exact) mass is 406 g/mol. The molecule has 0 saturated carbocycles. The van der Waals surface area contributed by atoms with Crippen LogP contribution >= 0.6 is 0 Å². The molecule has 8 nitrogen and oxygen atoms in total. The van der Waals surface area contributed by atoms with Gasteiger partial charge in [0.1, 0.15) is 17.9 Å². The highest BCUT2D eigenvalue weighted by molar-refractivity contribution is 6.22. The van der Waals surface area contributed by atoms with Crippen molar-refractivity contribution < 1.29 is 28.7 Å². The highest BCUT2D eigenvalue weighted by Gasteiger charge is 2.43. The number of esters is 2. The third-order valence-corrected chi connectivity index (χ3v) is 4.50. The standard InChI is InChI=1S/C22H18N2O6/c1-13(12-23)29-22(28)19(11-15-7-9-16(10-8-15)30-14(2)25)24-20(26)17-5-3-4-6-18(17)21(24)27/h3-10,13,19H,11H2,1-2H3/t13-,19-/m1/s1. The van der Waals surface area contributed by atoms with E-state index in [1.165, 1.54) is 26.0 Å². The molecule has 0 radical (unpaired) electrons. The van der Waals surface area contributed by atoms with Crippen LogP contribution in [0.15, 0.2) is 48.5 Å². The van der Waals surface area contributed by atoms with Crippen LogP contribution in [0.1, 0.15) is 40.1 Å². The van der Waals surface area contributed by atoms with Gasteiger partial charge in [0, 0.05) is 13.3 Å². The van der Waals surface area contributed by atoms with Gasteiger partial charge in [0.05, 0.1) is 11.1 Å². The molecule has 0 saturated heterocycles. The third kappa shape index (κ3) is 4.20. The SMILES string of the molecule is CC(=O)Oc1ccc(C[C@H](C(=O)O[C@H](C)C#N)N2C(=O)c3ccccc3C2=O)cc1. The Bertz CT molecular complexity index is 1020. The predicted molar refractivity (Wildman–Crippen MR) is 103 cm³/mol. The van der Waals surface area contributed by atoms with Gasteiger partial charge in [-0.2, -0.15) is 5.26 Å². The summed E-state index contributed by atoms with van der Waals surface area (Å²) in [7, 11) is 0. The van der Waals surface area contributed by atoms with E-state index in [4.69, 9.17) is 14.7 Å². The van der Waals surface area contributed by atoms with Crippen LogP contribution in [-0.2, 0) is 20.7 Å². The quantitative estimate of drug-likeness (QED) is 0.411. The number of ether oxygens (including phenoxy) is 2. The second-order valence-corrected chi connectivity index (χ2v) is 6.69. The lowest BCUT2D eigenvalue weighted by atomic mass is 10.0. The number of carbonyl (C=O) groups is 4. The lowest BCUT2D eigenvalue weighted by Gasteiger charge is -2.25. The average molecular weight is 406 g/mol. The van der Waals surface area contributed by atoms with Crippen molar-refractivity contribution in [1.82, 2.24) is 4.90 Å². The molecular weight excluding hydrogens is 388 g/mol. The first-order chi connectivity index (χ1) is 14.3. The molecule has 152 valence electrons. The minimum atomic E-state index is -1.26. The zero-order chi connectivity index (χ0) is 21.8. The lowest BCUT2D eigenvalue weighted by Crippen LogP contribution is -2.47. The van der Waals surface area contributed by atoms with E-state index in [1.807, 2.05) is 0 Å². The van der Waals surface area contributed by atoms with Gasteiger partial charge in [-0.25, -0.2) is 4.79 Å². The fourth-order valence-corrected chi connectivity index (χ4v) is 3.13. The summed E-state index contributed by atoms with van der Waals surface area (Å²) >= 11 is 0. The van der Waals surface area contributed by atoms with Crippen LogP contribution in [0.3, 0.4) is 0 Å². The van der Waals surface area contributed by atoms with Gasteiger partial charge in [-0.05, 0) is 36.8 Å². The summed E-state index contributed by atoms with van der Waals surface area (Å²) in [6.07, 6.45) is -1.07. The first-order valence-electron chi connectivity index (χ1n) is 9.16. The maximum Gasteiger partial charge on any atom is 0.331 e. The Balaban J connectivity index is 1.91. The Hall–Kier alpha value is -3.99. The second kappa shape index (κ2) is 8.57. The predicted octanol–water partition coefficient (Wildman–Crippen LogP) is 2.27. The van der Waals surface area contributed by atoms with Gasteiger partial charge in [-0.15, -0.1) is 0 Å². The van der Waals surface area contributed by atoms with Crippen molar-refractivity contribution in [3.05, 3.63) is 65.2 Å². The molecule has 0 N–H and O–H groups in total. The van der Waals surface area contributed by atoms with E-state index in [9.17, 15) is 19.2 Å². The van der Waals surface area contributed by atoms with Gasteiger partial charge >= 0.3 is 11.9 Å². The normalized spacial score (nSPS) is 14.5. The van der Waals surface area contributed by atoms with Gasteiger partial charge in [-0.3, -0.25) is 19.3 Å². The molecule has 0 spiro atoms. The summed E-state index contributed by atoms with van der Waals surface area (Å²) in [4.78, 5) is 50.4. The molecule has 1 heterocycles. The number of carbonyl (C=O) groups excluding carboxylic acids is 4. The van der Waals surface area contributed by atoms with Gasteiger partial charge in [0.25, 0.3) is 11.8 Å². The zero-order valence-corrected chi connectivity index (χ0v) is 16.3. The van der Waals surface area contributed by atoms with Crippen LogP contribution < -0.4 is 4.74 Å². The summed E-state index contributed by atoms with van der Waals surface area (Å²) in [6.45, 7) is 2.67. The molecule has 30 heavy (non-hydrogen) atoms. The van der Waals surface area contributed by atoms with Crippen LogP contribution in [-0.4, -0.2) is 40.8 Å². The molecule has 0 bridgehead atoms. The number of hydrogen-bond acceptors (Lipinski definition) is 7. The van der Waals surface area contributed by atoms with E-state index in [0.717, 1.165) is 4.90 Å². The van der Waals surface area contributed by atoms with Crippen molar-refractivity contribution in [2.45, 2.75) is 32.4 Å². The van der Waals surface area contributed by atoms with Crippen molar-refractivity contribution in [1.29, 1.82) is 5.26 Å². The average Bonchev–Trinajstić information content (AvgIpc) is 2.97. The minimum Gasteiger partial charge on any atom is -0.446 e. The van der Waals surface area contributed by atoms with E-state index >= 15 is 0 Å². The molecule has 0 aromatic heterocycles. The number of hydrogen-bond donors (Lipinski definition) is 0. The van der Waals surface area contributed by atoms with Crippen molar-refractivity contribution in [2.24, 2.45) is 0 Å². The molecule has 0 fully saturated rings. The number of nitriles is 1. The van der Waals surface area contributed by atoms with Gasteiger partial charge < -0.3 is 9.47 Å². The maximum atomic E-state index is 12.8. The van der Waals surface area contributed by atoms with Gasteiger partial charge in [0.2, 0.25) is 0 Å². The van der Waals surface area contributed by atoms with Crippen LogP contribution in [0.25, 0.3) is 0 Å². The van der Waals surface area contributed by atoms with E-state index in [2.05, 4.69) is 0 Å². The second-order valence-electron chi connectivity index (χ2n) is 6.69. The molecule has 8 heteroatoms. The Labute approximate surface area is 172 Å². The van der Waals surface area contributed by atoms with Crippen molar-refractivity contribution in [3.63, 3.8) is 0 Å². The molecule has 1 aliphatic heterocycles. The number of fused-ring (bicyclic) bond motifs is 1. The summed E-state index contributed by atoms with van der Waals surface area (Å²) in [6, 6.07) is 13.1. The number of rotatable bonds is 6. The number of nitrogens with zero attached hydrogens (tertiary/aromatic N) is 2. The smallest absolute Gasteiger partial charge is 0.331 e. The summed E-state index contributed by atoms with van der Waals surface area (Å²) < 4.78 is 10.1. The lowest BCUT2D eigenvalue weighted by molar-refractivity contribution is -0.150. The van der Waals surface area contributed by atoms with Crippen LogP contribution in [0.4, 0.5) is 0 Å². The highest BCUT2D eigenvalue weighted by atomic mass is 16.5. The first-order valence-corrected chi connectivity index (χ1v) is 9.16. The molecule has 2 aromatic rings. The van der Waals surface area contributed by atoms with Crippen molar-refractivity contribution in [3.8, 4) is 11.8 Å². The summed E-state index contributed by atoms with van der Waals surface area (Å²) in [5.74, 6) is -2.20. The highest BCUT2D eigenvalue weighted by Crippen LogP contribution is 2.27. The fraction of sp³-hybridized carbons (Fsp3) is 0.227. The maximum absolute atomic E-state index is 12.8. The van der Waals surface area contributed by atoms with E-state index in [1.54, 1.807) is 42.5 Å². The van der Waals surface area contributed by atoms with Crippen LogP contribution in [0.2, 0.25) is 0 Å². The summed E-state index contributed by atoms with van der Waals surface area (Å²) in [5, 5.41) is 8.95. The molecule has 0 aliphatic carbocycles. The number of benzene rings is 2. The fourth-order valence-electron chi connectivity index (χ4n) is 3.13. The van der Waals surface area contributed by atoms with Crippen LogP contribution in [0, 0.1) is 11.3 Å². The molecule has 3 rings (SSSR count). The molecule has 2 aromatic carbocycles. The van der Waals surface area contributed by atoms with E-state index in [0.29, 0.717) is 11.3 Å². The number of amides is 2. The molecular formula is C22H18N2O6. The Kier molecular flexibility index (Phi) is 5.93. The topological polar surface area (TPSA) is 114 Å². The molecule has 1 aliphatic rings. The molecule has 2 atom stereocenters. The van der Waals surface area contributed by atoms with E-state index < -0.39 is 35.9 Å². The Morgan fingerprint density at radius 3 is 2.10 bits per heavy atom. The first kappa shape index (κ1) is 20.7. The third-order valence-electron chi connectivity index (χ3n) is 4.50. The van der Waals surface area contributed by atoms with Gasteiger partial charge in [-0.1, -0.05) is 24.3 Å². The van der Waals surface area contributed by atoms with E-state index in [-0.39, 0.29) is 17.5 Å². The Morgan fingerprint density at radius 2 is 1.60 bits per heavy atom. The minimum absolute atomic E-state index is 0.0250.